The van der Waals surface area contributed by atoms with Gasteiger partial charge >= 0.3 is 11.4 Å². The average Bonchev–Trinajstić information content (AvgIpc) is 2.86. The Bertz CT molecular complexity index is 808. The van der Waals surface area contributed by atoms with E-state index < -0.39 is 11.4 Å². The maximum atomic E-state index is 12.3. The first-order chi connectivity index (χ1) is 11.1. The number of benzene rings is 1. The summed E-state index contributed by atoms with van der Waals surface area (Å²) in [5.74, 6) is 0.00980. The fourth-order valence-electron chi connectivity index (χ4n) is 2.84. The summed E-state index contributed by atoms with van der Waals surface area (Å²) in [6.07, 6.45) is 1.51. The lowest BCUT2D eigenvalue weighted by Gasteiger charge is -2.29. The van der Waals surface area contributed by atoms with Crippen molar-refractivity contribution in [3.05, 3.63) is 55.3 Å². The van der Waals surface area contributed by atoms with Crippen molar-refractivity contribution in [2.75, 3.05) is 6.54 Å². The maximum absolute atomic E-state index is 12.3. The number of rotatable bonds is 4. The molecular formula is C15H17ClN4O3. The van der Waals surface area contributed by atoms with Gasteiger partial charge in [-0.2, -0.15) is 0 Å². The number of carbonyl (C=O) groups excluding carboxylic acids is 1. The van der Waals surface area contributed by atoms with Gasteiger partial charge < -0.3 is 4.90 Å². The number of hydrogen-bond donors (Lipinski definition) is 2. The smallest absolute Gasteiger partial charge is 0.338 e. The third-order valence-corrected chi connectivity index (χ3v) is 4.46. The van der Waals surface area contributed by atoms with Crippen molar-refractivity contribution < 1.29 is 4.79 Å². The molecular weight excluding hydrogens is 320 g/mol. The standard InChI is InChI=1S/C15H17ClN4O3/c16-12-4-1-3-10-6-8-19(9-11(10)12)13(21)5-2-7-20-14(22)17-18-15(20)23/h1,3-4H,2,5-9H2,(H,17,22)(H,18,23). The molecule has 0 unspecified atom stereocenters. The molecule has 1 aliphatic heterocycles. The molecule has 1 aromatic heterocycles. The molecule has 0 saturated heterocycles. The number of nitrogens with zero attached hydrogens (tertiary/aromatic N) is 2. The van der Waals surface area contributed by atoms with Gasteiger partial charge in [-0.15, -0.1) is 0 Å². The maximum Gasteiger partial charge on any atom is 0.344 e. The van der Waals surface area contributed by atoms with Gasteiger partial charge in [0.15, 0.2) is 0 Å². The third-order valence-electron chi connectivity index (χ3n) is 4.11. The second kappa shape index (κ2) is 6.45. The molecule has 2 N–H and O–H groups in total. The van der Waals surface area contributed by atoms with Crippen LogP contribution in [0.15, 0.2) is 27.8 Å². The number of halogens is 1. The predicted octanol–water partition coefficient (Wildman–Crippen LogP) is 0.883. The number of H-pyrrole nitrogens is 2. The molecule has 0 fully saturated rings. The predicted molar refractivity (Wildman–Crippen MR) is 85.5 cm³/mol. The highest BCUT2D eigenvalue weighted by Gasteiger charge is 2.22. The van der Waals surface area contributed by atoms with Crippen LogP contribution in [0.4, 0.5) is 0 Å². The van der Waals surface area contributed by atoms with Gasteiger partial charge in [-0.25, -0.2) is 24.4 Å². The number of aromatic amines is 2. The van der Waals surface area contributed by atoms with Gasteiger partial charge in [-0.05, 0) is 30.0 Å². The minimum Gasteiger partial charge on any atom is -0.338 e. The van der Waals surface area contributed by atoms with Crippen LogP contribution in [0.1, 0.15) is 24.0 Å². The lowest BCUT2D eigenvalue weighted by Crippen LogP contribution is -2.36. The van der Waals surface area contributed by atoms with Gasteiger partial charge in [0.1, 0.15) is 0 Å². The Morgan fingerprint density at radius 2 is 1.96 bits per heavy atom. The summed E-state index contributed by atoms with van der Waals surface area (Å²) in [4.78, 5) is 36.8. The van der Waals surface area contributed by atoms with Crippen molar-refractivity contribution in [1.82, 2.24) is 19.7 Å². The highest BCUT2D eigenvalue weighted by atomic mass is 35.5. The van der Waals surface area contributed by atoms with E-state index in [0.717, 1.165) is 16.6 Å². The zero-order chi connectivity index (χ0) is 16.4. The normalized spacial score (nSPS) is 13.9. The number of nitrogens with one attached hydrogen (secondary N) is 2. The quantitative estimate of drug-likeness (QED) is 0.868. The van der Waals surface area contributed by atoms with E-state index in [1.165, 1.54) is 5.56 Å². The molecule has 2 heterocycles. The molecule has 0 aliphatic carbocycles. The van der Waals surface area contributed by atoms with E-state index in [-0.39, 0.29) is 18.9 Å². The Kier molecular flexibility index (Phi) is 4.38. The summed E-state index contributed by atoms with van der Waals surface area (Å²) in [5.41, 5.74) is 1.22. The summed E-state index contributed by atoms with van der Waals surface area (Å²) >= 11 is 6.20. The van der Waals surface area contributed by atoms with Crippen molar-refractivity contribution >= 4 is 17.5 Å². The molecule has 0 bridgehead atoms. The Morgan fingerprint density at radius 1 is 1.22 bits per heavy atom. The SMILES string of the molecule is O=C(CCCn1c(=O)[nH][nH]c1=O)N1CCc2cccc(Cl)c2C1. The number of amides is 1. The topological polar surface area (TPSA) is 91.0 Å². The molecule has 0 spiro atoms. The van der Waals surface area contributed by atoms with E-state index in [9.17, 15) is 14.4 Å². The van der Waals surface area contributed by atoms with Crippen LogP contribution >= 0.6 is 11.6 Å². The van der Waals surface area contributed by atoms with Gasteiger partial charge in [0, 0.05) is 31.1 Å². The first kappa shape index (κ1) is 15.6. The van der Waals surface area contributed by atoms with Crippen LogP contribution < -0.4 is 11.4 Å². The lowest BCUT2D eigenvalue weighted by atomic mass is 9.99. The summed E-state index contributed by atoms with van der Waals surface area (Å²) in [5, 5.41) is 5.12. The highest BCUT2D eigenvalue weighted by molar-refractivity contribution is 6.31. The number of aromatic nitrogens is 3. The van der Waals surface area contributed by atoms with Crippen LogP contribution in [-0.2, 0) is 24.3 Å². The number of hydrogen-bond acceptors (Lipinski definition) is 3. The fourth-order valence-corrected chi connectivity index (χ4v) is 3.09. The minimum atomic E-state index is -0.485. The zero-order valence-electron chi connectivity index (χ0n) is 12.5. The molecule has 1 amide bonds. The Morgan fingerprint density at radius 3 is 2.70 bits per heavy atom. The van der Waals surface area contributed by atoms with Gasteiger partial charge in [0.25, 0.3) is 0 Å². The lowest BCUT2D eigenvalue weighted by molar-refractivity contribution is -0.132. The van der Waals surface area contributed by atoms with Crippen LogP contribution in [0.5, 0.6) is 0 Å². The van der Waals surface area contributed by atoms with Gasteiger partial charge in [0.2, 0.25) is 5.91 Å². The molecule has 122 valence electrons. The van der Waals surface area contributed by atoms with Crippen LogP contribution in [0, 0.1) is 0 Å². The van der Waals surface area contributed by atoms with E-state index in [0.29, 0.717) is 24.5 Å². The molecule has 3 rings (SSSR count). The largest absolute Gasteiger partial charge is 0.344 e. The summed E-state index contributed by atoms with van der Waals surface area (Å²) in [6, 6.07) is 5.79. The third kappa shape index (κ3) is 3.24. The van der Waals surface area contributed by atoms with E-state index in [2.05, 4.69) is 10.2 Å². The molecule has 0 atom stereocenters. The van der Waals surface area contributed by atoms with Crippen LogP contribution in [0.3, 0.4) is 0 Å². The first-order valence-electron chi connectivity index (χ1n) is 7.48. The van der Waals surface area contributed by atoms with Crippen LogP contribution in [0.25, 0.3) is 0 Å². The highest BCUT2D eigenvalue weighted by Crippen LogP contribution is 2.26. The van der Waals surface area contributed by atoms with E-state index in [1.807, 2.05) is 18.2 Å². The molecule has 23 heavy (non-hydrogen) atoms. The van der Waals surface area contributed by atoms with E-state index >= 15 is 0 Å². The van der Waals surface area contributed by atoms with Crippen LogP contribution in [-0.4, -0.2) is 32.1 Å². The monoisotopic (exact) mass is 336 g/mol. The van der Waals surface area contributed by atoms with Gasteiger partial charge in [0.05, 0.1) is 0 Å². The number of fused-ring (bicyclic) bond motifs is 1. The first-order valence-corrected chi connectivity index (χ1v) is 7.85. The molecule has 1 aromatic carbocycles. The van der Waals surface area contributed by atoms with Crippen molar-refractivity contribution in [3.63, 3.8) is 0 Å². The molecule has 0 radical (unpaired) electrons. The van der Waals surface area contributed by atoms with Crippen LogP contribution in [0.2, 0.25) is 5.02 Å². The van der Waals surface area contributed by atoms with Gasteiger partial charge in [-0.3, -0.25) is 4.79 Å². The van der Waals surface area contributed by atoms with Crippen molar-refractivity contribution in [1.29, 1.82) is 0 Å². The van der Waals surface area contributed by atoms with Crippen molar-refractivity contribution in [2.24, 2.45) is 0 Å². The fraction of sp³-hybridized carbons (Fsp3) is 0.400. The Balaban J connectivity index is 1.59. The Labute approximate surface area is 136 Å². The summed E-state index contributed by atoms with van der Waals surface area (Å²) in [6.45, 7) is 1.39. The summed E-state index contributed by atoms with van der Waals surface area (Å²) < 4.78 is 1.05. The molecule has 0 saturated carbocycles. The molecule has 8 heteroatoms. The molecule has 7 nitrogen and oxygen atoms in total. The van der Waals surface area contributed by atoms with Crippen molar-refractivity contribution in [3.8, 4) is 0 Å². The van der Waals surface area contributed by atoms with Gasteiger partial charge in [-0.1, -0.05) is 23.7 Å². The minimum absolute atomic E-state index is 0.00980. The molecule has 1 aliphatic rings. The second-order valence-electron chi connectivity index (χ2n) is 5.56. The Hall–Kier alpha value is -2.28. The average molecular weight is 337 g/mol. The van der Waals surface area contributed by atoms with E-state index in [1.54, 1.807) is 4.90 Å². The molecule has 2 aromatic rings. The zero-order valence-corrected chi connectivity index (χ0v) is 13.2. The second-order valence-corrected chi connectivity index (χ2v) is 5.97. The van der Waals surface area contributed by atoms with Crippen molar-refractivity contribution in [2.45, 2.75) is 32.4 Å². The summed E-state index contributed by atoms with van der Waals surface area (Å²) in [7, 11) is 0. The number of carbonyl (C=O) groups is 1. The van der Waals surface area contributed by atoms with E-state index in [4.69, 9.17) is 11.6 Å².